The number of aryl methyl sites for hydroxylation is 1. The molecule has 19 heavy (non-hydrogen) atoms. The Hall–Kier alpha value is -0.740. The number of rotatable bonds is 6. The van der Waals surface area contributed by atoms with Crippen molar-refractivity contribution in [2.45, 2.75) is 39.8 Å². The van der Waals surface area contributed by atoms with Gasteiger partial charge >= 0.3 is 0 Å². The van der Waals surface area contributed by atoms with Crippen molar-refractivity contribution < 1.29 is 0 Å². The Balaban J connectivity index is 2.69. The number of nitrogens with zero attached hydrogens (tertiary/aromatic N) is 2. The Morgan fingerprint density at radius 1 is 1.32 bits per heavy atom. The summed E-state index contributed by atoms with van der Waals surface area (Å²) in [6.07, 6.45) is 2.13. The highest BCUT2D eigenvalue weighted by atomic mass is 32.2. The Morgan fingerprint density at radius 2 is 2.00 bits per heavy atom. The summed E-state index contributed by atoms with van der Waals surface area (Å²) >= 11 is 1.86. The number of hydrogen-bond acceptors (Lipinski definition) is 4. The molecule has 0 radical (unpaired) electrons. The lowest BCUT2D eigenvalue weighted by Gasteiger charge is -2.22. The summed E-state index contributed by atoms with van der Waals surface area (Å²) in [6.45, 7) is 10.5. The predicted molar refractivity (Wildman–Crippen MR) is 87.2 cm³/mol. The van der Waals surface area contributed by atoms with Gasteiger partial charge in [-0.2, -0.15) is 11.8 Å². The van der Waals surface area contributed by atoms with Crippen LogP contribution in [0.2, 0.25) is 0 Å². The smallest absolute Gasteiger partial charge is 0.128 e. The highest BCUT2D eigenvalue weighted by Gasteiger charge is 2.11. The fourth-order valence-corrected chi connectivity index (χ4v) is 2.14. The molecule has 1 aromatic rings. The van der Waals surface area contributed by atoms with E-state index in [-0.39, 0.29) is 5.54 Å². The zero-order valence-corrected chi connectivity index (χ0v) is 13.9. The van der Waals surface area contributed by atoms with E-state index in [4.69, 9.17) is 4.98 Å². The van der Waals surface area contributed by atoms with Crippen LogP contribution in [0.25, 0.3) is 0 Å². The van der Waals surface area contributed by atoms with Crippen molar-refractivity contribution in [1.29, 1.82) is 0 Å². The topological polar surface area (TPSA) is 28.2 Å². The summed E-state index contributed by atoms with van der Waals surface area (Å²) in [7, 11) is 2.10. The Morgan fingerprint density at radius 3 is 2.53 bits per heavy atom. The minimum Gasteiger partial charge on any atom is -0.359 e. The predicted octanol–water partition coefficient (Wildman–Crippen LogP) is 3.08. The summed E-state index contributed by atoms with van der Waals surface area (Å²) in [5, 5.41) is 3.51. The molecule has 108 valence electrons. The number of aromatic nitrogens is 1. The van der Waals surface area contributed by atoms with E-state index >= 15 is 0 Å². The molecule has 0 saturated heterocycles. The van der Waals surface area contributed by atoms with Crippen LogP contribution in [0, 0.1) is 6.92 Å². The zero-order chi connectivity index (χ0) is 14.5. The van der Waals surface area contributed by atoms with Gasteiger partial charge in [0.2, 0.25) is 0 Å². The maximum atomic E-state index is 4.70. The number of anilines is 1. The van der Waals surface area contributed by atoms with Crippen molar-refractivity contribution in [1.82, 2.24) is 10.3 Å². The number of hydrogen-bond donors (Lipinski definition) is 1. The van der Waals surface area contributed by atoms with Gasteiger partial charge in [-0.1, -0.05) is 6.07 Å². The van der Waals surface area contributed by atoms with Crippen LogP contribution in [-0.2, 0) is 6.54 Å². The first-order valence-electron chi connectivity index (χ1n) is 6.75. The molecule has 0 atom stereocenters. The minimum absolute atomic E-state index is 0.139. The van der Waals surface area contributed by atoms with Crippen LogP contribution < -0.4 is 10.2 Å². The zero-order valence-electron chi connectivity index (χ0n) is 13.1. The molecule has 1 aromatic heterocycles. The highest BCUT2D eigenvalue weighted by molar-refractivity contribution is 7.98. The molecular formula is C15H27N3S. The summed E-state index contributed by atoms with van der Waals surface area (Å²) in [5.74, 6) is 2.19. The van der Waals surface area contributed by atoms with Crippen LogP contribution in [0.1, 0.15) is 32.0 Å². The van der Waals surface area contributed by atoms with Gasteiger partial charge in [-0.3, -0.25) is 0 Å². The largest absolute Gasteiger partial charge is 0.359 e. The second kappa shape index (κ2) is 7.15. The first-order chi connectivity index (χ1) is 8.83. The molecule has 0 aliphatic rings. The van der Waals surface area contributed by atoms with Gasteiger partial charge < -0.3 is 10.2 Å². The third-order valence-corrected chi connectivity index (χ3v) is 3.60. The summed E-state index contributed by atoms with van der Waals surface area (Å²) in [4.78, 5) is 6.92. The van der Waals surface area contributed by atoms with Gasteiger partial charge in [0.15, 0.2) is 0 Å². The van der Waals surface area contributed by atoms with E-state index in [2.05, 4.69) is 63.3 Å². The SMILES string of the molecule is CSCCN(C)c1ccc(CNC(C)(C)C)c(C)n1. The van der Waals surface area contributed by atoms with Gasteiger partial charge in [-0.25, -0.2) is 4.98 Å². The average Bonchev–Trinajstić information content (AvgIpc) is 2.33. The normalized spacial score (nSPS) is 11.7. The molecule has 0 aliphatic carbocycles. The fourth-order valence-electron chi connectivity index (χ4n) is 1.68. The number of pyridine rings is 1. The maximum absolute atomic E-state index is 4.70. The highest BCUT2D eigenvalue weighted by Crippen LogP contribution is 2.15. The van der Waals surface area contributed by atoms with Gasteiger partial charge in [-0.15, -0.1) is 0 Å². The molecule has 1 N–H and O–H groups in total. The molecule has 0 unspecified atom stereocenters. The molecule has 0 saturated carbocycles. The quantitative estimate of drug-likeness (QED) is 0.867. The van der Waals surface area contributed by atoms with Crippen molar-refractivity contribution in [2.75, 3.05) is 30.5 Å². The van der Waals surface area contributed by atoms with Crippen molar-refractivity contribution >= 4 is 17.6 Å². The Bertz CT molecular complexity index is 399. The van der Waals surface area contributed by atoms with Gasteiger partial charge in [-0.05, 0) is 45.6 Å². The van der Waals surface area contributed by atoms with Gasteiger partial charge in [0.25, 0.3) is 0 Å². The molecule has 0 amide bonds. The third-order valence-electron chi connectivity index (χ3n) is 3.01. The van der Waals surface area contributed by atoms with Crippen molar-refractivity contribution in [3.05, 3.63) is 23.4 Å². The Labute approximate surface area is 122 Å². The maximum Gasteiger partial charge on any atom is 0.128 e. The lowest BCUT2D eigenvalue weighted by atomic mass is 10.1. The number of nitrogens with one attached hydrogen (secondary N) is 1. The standard InChI is InChI=1S/C15H27N3S/c1-12-13(11-16-15(2,3)4)7-8-14(17-12)18(5)9-10-19-6/h7-8,16H,9-11H2,1-6H3. The second-order valence-electron chi connectivity index (χ2n) is 5.93. The number of thioether (sulfide) groups is 1. The molecule has 3 nitrogen and oxygen atoms in total. The van der Waals surface area contributed by atoms with Crippen LogP contribution >= 0.6 is 11.8 Å². The van der Waals surface area contributed by atoms with Crippen molar-refractivity contribution in [3.63, 3.8) is 0 Å². The molecule has 1 rings (SSSR count). The fraction of sp³-hybridized carbons (Fsp3) is 0.667. The van der Waals surface area contributed by atoms with Gasteiger partial charge in [0, 0.05) is 37.1 Å². The summed E-state index contributed by atoms with van der Waals surface area (Å²) in [6, 6.07) is 4.30. The van der Waals surface area contributed by atoms with Gasteiger partial charge in [0.1, 0.15) is 5.82 Å². The van der Waals surface area contributed by atoms with E-state index in [0.717, 1.165) is 30.4 Å². The van der Waals surface area contributed by atoms with Crippen LogP contribution in [0.4, 0.5) is 5.82 Å². The van der Waals surface area contributed by atoms with E-state index in [0.29, 0.717) is 0 Å². The lowest BCUT2D eigenvalue weighted by Crippen LogP contribution is -2.35. The summed E-state index contributed by atoms with van der Waals surface area (Å²) in [5.41, 5.74) is 2.53. The van der Waals surface area contributed by atoms with E-state index in [1.54, 1.807) is 0 Å². The third kappa shape index (κ3) is 5.83. The molecule has 0 aliphatic heterocycles. The lowest BCUT2D eigenvalue weighted by molar-refractivity contribution is 0.423. The van der Waals surface area contributed by atoms with E-state index in [9.17, 15) is 0 Å². The van der Waals surface area contributed by atoms with Crippen molar-refractivity contribution in [2.24, 2.45) is 0 Å². The second-order valence-corrected chi connectivity index (χ2v) is 6.92. The summed E-state index contributed by atoms with van der Waals surface area (Å²) < 4.78 is 0. The molecule has 0 spiro atoms. The van der Waals surface area contributed by atoms with Crippen LogP contribution in [-0.4, -0.2) is 36.1 Å². The van der Waals surface area contributed by atoms with E-state index in [1.165, 1.54) is 5.56 Å². The molecular weight excluding hydrogens is 254 g/mol. The molecule has 1 heterocycles. The molecule has 4 heteroatoms. The molecule has 0 aromatic carbocycles. The van der Waals surface area contributed by atoms with E-state index in [1.807, 2.05) is 11.8 Å². The minimum atomic E-state index is 0.139. The first kappa shape index (κ1) is 16.3. The monoisotopic (exact) mass is 281 g/mol. The van der Waals surface area contributed by atoms with E-state index < -0.39 is 0 Å². The van der Waals surface area contributed by atoms with Crippen LogP contribution in [0.15, 0.2) is 12.1 Å². The van der Waals surface area contributed by atoms with Crippen molar-refractivity contribution in [3.8, 4) is 0 Å². The van der Waals surface area contributed by atoms with Gasteiger partial charge in [0.05, 0.1) is 0 Å². The average molecular weight is 281 g/mol. The molecule has 0 bridgehead atoms. The first-order valence-corrected chi connectivity index (χ1v) is 8.14. The molecule has 0 fully saturated rings. The van der Waals surface area contributed by atoms with Crippen LogP contribution in [0.5, 0.6) is 0 Å². The Kier molecular flexibility index (Phi) is 6.14. The van der Waals surface area contributed by atoms with Crippen LogP contribution in [0.3, 0.4) is 0 Å².